The molecule has 2 spiro atoms. The average Bonchev–Trinajstić information content (AvgIpc) is 4.07. The molecule has 0 amide bonds. The van der Waals surface area contributed by atoms with Crippen LogP contribution in [0.4, 0.5) is 17.6 Å². The number of hydrogen-bond donors (Lipinski definition) is 0. The number of ether oxygens (including phenoxy) is 2. The number of allylic oxidation sites excluding steroid dienone is 6. The topological polar surface area (TPSA) is 148 Å². The molecule has 14 heteroatoms. The Hall–Kier alpha value is -7.36. The third-order valence-corrected chi connectivity index (χ3v) is 15.9. The monoisotopic (exact) mass is 914 g/mol. The quantitative estimate of drug-likeness (QED) is 0.0965. The summed E-state index contributed by atoms with van der Waals surface area (Å²) < 4.78 is 72.4. The molecule has 322 valence electrons. The number of fused-ring (bicyclic) bond motifs is 10. The third-order valence-electron chi connectivity index (χ3n) is 13.7. The predicted octanol–water partition coefficient (Wildman–Crippen LogP) is 13.0. The molecule has 0 radical (unpaired) electrons. The summed E-state index contributed by atoms with van der Waals surface area (Å²) in [6.45, 7) is 0. The van der Waals surface area contributed by atoms with E-state index in [1.807, 2.05) is 48.5 Å². The van der Waals surface area contributed by atoms with Crippen molar-refractivity contribution in [2.45, 2.75) is 75.4 Å². The molecule has 3 aromatic carbocycles. The molecular weight excluding hydrogens is 885 g/mol. The fourth-order valence-electron chi connectivity index (χ4n) is 10.7. The zero-order chi connectivity index (χ0) is 45.8. The Balaban J connectivity index is 1.07. The lowest BCUT2D eigenvalue weighted by molar-refractivity contribution is 0.0203. The molecule has 2 saturated carbocycles. The Morgan fingerprint density at radius 2 is 0.848 bits per heavy atom. The lowest BCUT2D eigenvalue weighted by Crippen LogP contribution is -2.38. The van der Waals surface area contributed by atoms with Crippen LogP contribution in [0.3, 0.4) is 0 Å². The van der Waals surface area contributed by atoms with Crippen LogP contribution in [0, 0.1) is 68.6 Å². The van der Waals surface area contributed by atoms with Crippen molar-refractivity contribution < 1.29 is 36.6 Å². The van der Waals surface area contributed by atoms with E-state index in [2.05, 4.69) is 0 Å². The van der Waals surface area contributed by atoms with E-state index < -0.39 is 57.2 Å². The number of ketones is 2. The second-order valence-corrected chi connectivity index (χ2v) is 19.5. The van der Waals surface area contributed by atoms with Crippen molar-refractivity contribution in [3.8, 4) is 56.7 Å². The van der Waals surface area contributed by atoms with Crippen molar-refractivity contribution in [1.82, 2.24) is 0 Å². The van der Waals surface area contributed by atoms with Gasteiger partial charge >= 0.3 is 0 Å². The summed E-state index contributed by atoms with van der Waals surface area (Å²) in [5.74, 6) is -4.89. The van der Waals surface area contributed by atoms with E-state index in [1.165, 1.54) is 22.7 Å². The number of nitrogens with zero attached hydrogens (tertiary/aromatic N) is 4. The number of rotatable bonds is 2. The fourth-order valence-corrected chi connectivity index (χ4v) is 13.1. The van der Waals surface area contributed by atoms with E-state index in [0.29, 0.717) is 46.9 Å². The van der Waals surface area contributed by atoms with Crippen molar-refractivity contribution in [2.24, 2.45) is 0 Å². The van der Waals surface area contributed by atoms with Gasteiger partial charge in [-0.15, -0.1) is 22.7 Å². The van der Waals surface area contributed by atoms with Gasteiger partial charge in [0, 0.05) is 75.2 Å². The van der Waals surface area contributed by atoms with Crippen molar-refractivity contribution in [1.29, 1.82) is 21.0 Å². The predicted molar refractivity (Wildman–Crippen MR) is 237 cm³/mol. The Kier molecular flexibility index (Phi) is 9.46. The number of benzene rings is 3. The standard InChI is InChI=1S/C52H30F4N4O4S2/c53-39-15-29-31(17-41(39)55)47(61)35(45(29)25(21-57)22-58)11-27-13-37-49(65-27)33-20-44-34(19-43(33)63-51(37)7-3-1-4-8-51)50-38(52(64-44)9-5-2-6-10-52)14-28(66-50)12-36-46(26(23-59)24-60)30-16-40(54)42(56)18-32(30)48(36)62/h11-20H,1-10H2/b35-11-,36-12-. The van der Waals surface area contributed by atoms with E-state index in [1.54, 1.807) is 12.2 Å². The number of nitriles is 4. The first kappa shape index (κ1) is 41.4. The van der Waals surface area contributed by atoms with Crippen LogP contribution < -0.4 is 9.47 Å². The second-order valence-electron chi connectivity index (χ2n) is 17.3. The highest BCUT2D eigenvalue weighted by atomic mass is 32.1. The van der Waals surface area contributed by atoms with Crippen LogP contribution in [0.5, 0.6) is 11.5 Å². The highest BCUT2D eigenvalue weighted by molar-refractivity contribution is 7.17. The van der Waals surface area contributed by atoms with Gasteiger partial charge in [0.25, 0.3) is 0 Å². The van der Waals surface area contributed by atoms with E-state index in [-0.39, 0.29) is 44.5 Å². The normalized spacial score (nSPS) is 19.1. The maximum atomic E-state index is 14.6. The summed E-state index contributed by atoms with van der Waals surface area (Å²) in [5.41, 5.74) is 0.661. The molecule has 11 rings (SSSR count). The number of carbonyl (C=O) groups is 2. The van der Waals surface area contributed by atoms with E-state index in [0.717, 1.165) is 94.8 Å². The number of carbonyl (C=O) groups excluding carboxylic acids is 2. The molecule has 8 nitrogen and oxygen atoms in total. The van der Waals surface area contributed by atoms with E-state index in [4.69, 9.17) is 9.47 Å². The van der Waals surface area contributed by atoms with Gasteiger partial charge < -0.3 is 9.47 Å². The highest BCUT2D eigenvalue weighted by Gasteiger charge is 2.47. The number of halogens is 4. The molecule has 0 bridgehead atoms. The summed E-state index contributed by atoms with van der Waals surface area (Å²) in [4.78, 5) is 30.8. The van der Waals surface area contributed by atoms with Gasteiger partial charge in [-0.25, -0.2) is 17.6 Å². The molecule has 0 atom stereocenters. The maximum Gasteiger partial charge on any atom is 0.194 e. The second kappa shape index (κ2) is 15.1. The molecule has 0 unspecified atom stereocenters. The Labute approximate surface area is 382 Å². The van der Waals surface area contributed by atoms with Crippen molar-refractivity contribution in [2.75, 3.05) is 0 Å². The van der Waals surface area contributed by atoms with Crippen LogP contribution in [0.2, 0.25) is 0 Å². The first-order valence-electron chi connectivity index (χ1n) is 21.4. The zero-order valence-electron chi connectivity index (χ0n) is 34.6. The largest absolute Gasteiger partial charge is 0.482 e. The first-order chi connectivity index (χ1) is 31.9. The van der Waals surface area contributed by atoms with Crippen LogP contribution >= 0.6 is 22.7 Å². The molecule has 5 aromatic rings. The van der Waals surface area contributed by atoms with Gasteiger partial charge in [0.2, 0.25) is 0 Å². The maximum absolute atomic E-state index is 14.6. The summed E-state index contributed by atoms with van der Waals surface area (Å²) in [6.07, 6.45) is 11.6. The van der Waals surface area contributed by atoms with Crippen LogP contribution in [-0.4, -0.2) is 11.6 Å². The van der Waals surface area contributed by atoms with Crippen molar-refractivity contribution >= 4 is 57.5 Å². The highest BCUT2D eigenvalue weighted by Crippen LogP contribution is 2.61. The van der Waals surface area contributed by atoms with Crippen LogP contribution in [0.15, 0.2) is 70.8 Å². The molecule has 2 aromatic heterocycles. The molecule has 66 heavy (non-hydrogen) atoms. The average molecular weight is 915 g/mol. The molecule has 6 aliphatic rings. The molecule has 0 saturated heterocycles. The Morgan fingerprint density at radius 1 is 0.500 bits per heavy atom. The van der Waals surface area contributed by atoms with E-state index in [9.17, 15) is 48.2 Å². The summed E-state index contributed by atoms with van der Waals surface area (Å²) >= 11 is 2.80. The minimum atomic E-state index is -1.22. The van der Waals surface area contributed by atoms with Gasteiger partial charge in [0.1, 0.15) is 58.1 Å². The van der Waals surface area contributed by atoms with E-state index >= 15 is 0 Å². The molecule has 4 heterocycles. The summed E-state index contributed by atoms with van der Waals surface area (Å²) in [5, 5.41) is 39.7. The van der Waals surface area contributed by atoms with Gasteiger partial charge in [-0.2, -0.15) is 21.0 Å². The molecule has 2 aliphatic heterocycles. The summed E-state index contributed by atoms with van der Waals surface area (Å²) in [7, 11) is 0. The number of hydrogen-bond acceptors (Lipinski definition) is 10. The van der Waals surface area contributed by atoms with Crippen LogP contribution in [0.25, 0.3) is 44.2 Å². The van der Waals surface area contributed by atoms with Crippen LogP contribution in [-0.2, 0) is 11.2 Å². The van der Waals surface area contributed by atoms with Gasteiger partial charge in [0.05, 0.1) is 0 Å². The fraction of sp³-hybridized carbons (Fsp3) is 0.231. The smallest absolute Gasteiger partial charge is 0.194 e. The number of thiophene rings is 2. The first-order valence-corrected chi connectivity index (χ1v) is 23.0. The zero-order valence-corrected chi connectivity index (χ0v) is 36.2. The van der Waals surface area contributed by atoms with Gasteiger partial charge in [-0.1, -0.05) is 12.8 Å². The molecular formula is C52H30F4N4O4S2. The number of Topliss-reactive ketones (excluding diaryl/α,β-unsaturated/α-hetero) is 2. The van der Waals surface area contributed by atoms with Crippen LogP contribution in [0.1, 0.15) is 117 Å². The SMILES string of the molecule is N#CC(C#N)=C1/C(=C/c2cc3c(s2)-c2cc4c(cc2OC32CCCCC2)-c2sc(/C=C3\C(=O)c5cc(F)c(F)cc5C3=C(C#N)C#N)cc2C2(CCCCC2)O4)C(=O)c2cc(F)c(F)cc21. The summed E-state index contributed by atoms with van der Waals surface area (Å²) in [6, 6.07) is 18.5. The van der Waals surface area contributed by atoms with Gasteiger partial charge in [0.15, 0.2) is 34.8 Å². The minimum Gasteiger partial charge on any atom is -0.482 e. The molecule has 0 N–H and O–H groups in total. The van der Waals surface area contributed by atoms with Gasteiger partial charge in [-0.3, -0.25) is 9.59 Å². The van der Waals surface area contributed by atoms with Crippen molar-refractivity contribution in [3.05, 3.63) is 137 Å². The molecule has 4 aliphatic carbocycles. The Morgan fingerprint density at radius 3 is 1.20 bits per heavy atom. The lowest BCUT2D eigenvalue weighted by Gasteiger charge is -2.44. The van der Waals surface area contributed by atoms with Crippen molar-refractivity contribution in [3.63, 3.8) is 0 Å². The lowest BCUT2D eigenvalue weighted by atomic mass is 9.76. The molecule has 2 fully saturated rings. The minimum absolute atomic E-state index is 0.0175. The third kappa shape index (κ3) is 6.02. The van der Waals surface area contributed by atoms with Gasteiger partial charge in [-0.05, 0) is 123 Å². The Bertz CT molecular complexity index is 3160.